The maximum Gasteiger partial charge on any atom is 0.0319 e. The minimum Gasteiger partial charge on any atom is -0.400 e. The Bertz CT molecular complexity index is 98.7. The molecule has 0 aliphatic carbocycles. The molecule has 0 unspecified atom stereocenters. The zero-order chi connectivity index (χ0) is 9.56. The fourth-order valence-corrected chi connectivity index (χ4v) is 1.34. The predicted molar refractivity (Wildman–Crippen MR) is 52.3 cm³/mol. The van der Waals surface area contributed by atoms with Crippen molar-refractivity contribution in [3.63, 3.8) is 0 Å². The predicted octanol–water partition coefficient (Wildman–Crippen LogP) is 0.251. The Morgan fingerprint density at radius 3 is 1.75 bits per heavy atom. The van der Waals surface area contributed by atoms with E-state index in [0.717, 1.165) is 13.2 Å². The molecule has 0 aromatic heterocycles. The van der Waals surface area contributed by atoms with Gasteiger partial charge in [0.15, 0.2) is 0 Å². The molecule has 1 fully saturated rings. The van der Waals surface area contributed by atoms with E-state index >= 15 is 0 Å². The average Bonchev–Trinajstić information content (AvgIpc) is 2.09. The summed E-state index contributed by atoms with van der Waals surface area (Å²) in [7, 11) is 3.19. The van der Waals surface area contributed by atoms with Crippen LogP contribution in [0.15, 0.2) is 0 Å². The fraction of sp³-hybridized carbons (Fsp3) is 1.00. The number of hydrogen-bond donors (Lipinski definition) is 1. The second kappa shape index (κ2) is 6.40. The van der Waals surface area contributed by atoms with Gasteiger partial charge in [0, 0.05) is 39.3 Å². The third-order valence-electron chi connectivity index (χ3n) is 2.27. The van der Waals surface area contributed by atoms with Crippen LogP contribution < -0.4 is 0 Å². The summed E-state index contributed by atoms with van der Waals surface area (Å²) < 4.78 is 0. The van der Waals surface area contributed by atoms with Crippen molar-refractivity contribution in [2.75, 3.05) is 40.3 Å². The minimum atomic E-state index is 0.730. The molecule has 1 aliphatic rings. The lowest BCUT2D eigenvalue weighted by Crippen LogP contribution is -2.47. The Morgan fingerprint density at radius 2 is 1.42 bits per heavy atom. The molecule has 1 N–H and O–H groups in total. The van der Waals surface area contributed by atoms with Gasteiger partial charge in [-0.05, 0) is 20.9 Å². The van der Waals surface area contributed by atoms with Crippen LogP contribution in [0.25, 0.3) is 0 Å². The van der Waals surface area contributed by atoms with Crippen molar-refractivity contribution >= 4 is 0 Å². The van der Waals surface area contributed by atoms with E-state index in [-0.39, 0.29) is 0 Å². The smallest absolute Gasteiger partial charge is 0.0319 e. The van der Waals surface area contributed by atoms with E-state index in [1.165, 1.54) is 26.2 Å². The molecule has 12 heavy (non-hydrogen) atoms. The van der Waals surface area contributed by atoms with Gasteiger partial charge in [-0.25, -0.2) is 0 Å². The highest BCUT2D eigenvalue weighted by Crippen LogP contribution is 2.02. The maximum absolute atomic E-state index is 7.00. The lowest BCUT2D eigenvalue weighted by atomic mass is 10.2. The van der Waals surface area contributed by atoms with E-state index in [9.17, 15) is 0 Å². The highest BCUT2D eigenvalue weighted by atomic mass is 16.2. The molecule has 1 heterocycles. The number of rotatable bonds is 1. The van der Waals surface area contributed by atoms with Crippen LogP contribution in [0.1, 0.15) is 13.8 Å². The van der Waals surface area contributed by atoms with Crippen molar-refractivity contribution in [1.82, 2.24) is 9.80 Å². The Hall–Kier alpha value is -0.120. The molecular formula is C9H22N2O. The van der Waals surface area contributed by atoms with Crippen molar-refractivity contribution in [3.05, 3.63) is 0 Å². The zero-order valence-electron chi connectivity index (χ0n) is 8.75. The maximum atomic E-state index is 7.00. The number of piperazine rings is 1. The first kappa shape index (κ1) is 11.9. The van der Waals surface area contributed by atoms with Gasteiger partial charge in [0.2, 0.25) is 0 Å². The number of nitrogens with zero attached hydrogens (tertiary/aromatic N) is 2. The van der Waals surface area contributed by atoms with Crippen LogP contribution in [0.5, 0.6) is 0 Å². The van der Waals surface area contributed by atoms with Crippen molar-refractivity contribution in [2.24, 2.45) is 0 Å². The molecular weight excluding hydrogens is 152 g/mol. The summed E-state index contributed by atoms with van der Waals surface area (Å²) in [5, 5.41) is 7.00. The van der Waals surface area contributed by atoms with E-state index in [1.54, 1.807) is 0 Å². The van der Waals surface area contributed by atoms with Crippen molar-refractivity contribution in [2.45, 2.75) is 19.9 Å². The van der Waals surface area contributed by atoms with Crippen LogP contribution in [0, 0.1) is 0 Å². The molecule has 0 amide bonds. The van der Waals surface area contributed by atoms with Crippen LogP contribution >= 0.6 is 0 Å². The lowest BCUT2D eigenvalue weighted by molar-refractivity contribution is 0.126. The zero-order valence-corrected chi connectivity index (χ0v) is 8.75. The summed E-state index contributed by atoms with van der Waals surface area (Å²) in [6.45, 7) is 9.50. The number of likely N-dealkylation sites (N-methyl/N-ethyl adjacent to an activating group) is 1. The lowest BCUT2D eigenvalue weighted by Gasteiger charge is -2.34. The molecule has 0 atom stereocenters. The molecule has 0 spiro atoms. The summed E-state index contributed by atoms with van der Waals surface area (Å²) in [4.78, 5) is 4.92. The standard InChI is InChI=1S/C8H18N2.CH4O/c1-8(2)10-6-4-9(3)5-7-10;1-2/h8H,4-7H2,1-3H3;2H,1H3. The summed E-state index contributed by atoms with van der Waals surface area (Å²) in [6.07, 6.45) is 0. The van der Waals surface area contributed by atoms with Gasteiger partial charge in [-0.15, -0.1) is 0 Å². The van der Waals surface area contributed by atoms with Gasteiger partial charge in [-0.3, -0.25) is 4.90 Å². The number of hydrogen-bond acceptors (Lipinski definition) is 3. The molecule has 0 saturated carbocycles. The number of aliphatic hydroxyl groups excluding tert-OH is 1. The van der Waals surface area contributed by atoms with Gasteiger partial charge in [-0.2, -0.15) is 0 Å². The van der Waals surface area contributed by atoms with Crippen LogP contribution in [0.2, 0.25) is 0 Å². The van der Waals surface area contributed by atoms with Crippen molar-refractivity contribution < 1.29 is 5.11 Å². The monoisotopic (exact) mass is 174 g/mol. The summed E-state index contributed by atoms with van der Waals surface area (Å²) in [5.41, 5.74) is 0. The Morgan fingerprint density at radius 1 is 1.00 bits per heavy atom. The van der Waals surface area contributed by atoms with E-state index in [0.29, 0.717) is 0 Å². The van der Waals surface area contributed by atoms with E-state index in [2.05, 4.69) is 30.7 Å². The van der Waals surface area contributed by atoms with Crippen LogP contribution in [-0.2, 0) is 0 Å². The topological polar surface area (TPSA) is 26.7 Å². The highest BCUT2D eigenvalue weighted by molar-refractivity contribution is 4.71. The van der Waals surface area contributed by atoms with Gasteiger partial charge in [0.05, 0.1) is 0 Å². The average molecular weight is 174 g/mol. The first-order valence-corrected chi connectivity index (χ1v) is 4.57. The fourth-order valence-electron chi connectivity index (χ4n) is 1.34. The van der Waals surface area contributed by atoms with E-state index in [1.807, 2.05) is 0 Å². The first-order chi connectivity index (χ1) is 5.70. The molecule has 3 nitrogen and oxygen atoms in total. The van der Waals surface area contributed by atoms with Gasteiger partial charge < -0.3 is 10.0 Å². The first-order valence-electron chi connectivity index (χ1n) is 4.57. The second-order valence-corrected chi connectivity index (χ2v) is 3.43. The van der Waals surface area contributed by atoms with Crippen molar-refractivity contribution in [3.8, 4) is 0 Å². The molecule has 1 rings (SSSR count). The van der Waals surface area contributed by atoms with Crippen LogP contribution in [-0.4, -0.2) is 61.3 Å². The molecule has 0 radical (unpaired) electrons. The quantitative estimate of drug-likeness (QED) is 0.617. The van der Waals surface area contributed by atoms with E-state index in [4.69, 9.17) is 5.11 Å². The molecule has 0 aromatic rings. The largest absolute Gasteiger partial charge is 0.400 e. The molecule has 0 aromatic carbocycles. The third kappa shape index (κ3) is 4.04. The minimum absolute atomic E-state index is 0.730. The van der Waals surface area contributed by atoms with Gasteiger partial charge in [-0.1, -0.05) is 0 Å². The molecule has 1 saturated heterocycles. The van der Waals surface area contributed by atoms with Gasteiger partial charge in [0.25, 0.3) is 0 Å². The molecule has 74 valence electrons. The second-order valence-electron chi connectivity index (χ2n) is 3.43. The summed E-state index contributed by atoms with van der Waals surface area (Å²) >= 11 is 0. The van der Waals surface area contributed by atoms with Crippen molar-refractivity contribution in [1.29, 1.82) is 0 Å². The normalized spacial score (nSPS) is 20.5. The number of aliphatic hydroxyl groups is 1. The Kier molecular flexibility index (Phi) is 6.34. The van der Waals surface area contributed by atoms with Gasteiger partial charge >= 0.3 is 0 Å². The third-order valence-corrected chi connectivity index (χ3v) is 2.27. The molecule has 0 bridgehead atoms. The summed E-state index contributed by atoms with van der Waals surface area (Å²) in [6, 6.07) is 0.730. The Balaban J connectivity index is 0.000000561. The Labute approximate surface area is 76.0 Å². The molecule has 1 aliphatic heterocycles. The van der Waals surface area contributed by atoms with Gasteiger partial charge in [0.1, 0.15) is 0 Å². The summed E-state index contributed by atoms with van der Waals surface area (Å²) in [5.74, 6) is 0. The molecule has 3 heteroatoms. The van der Waals surface area contributed by atoms with Crippen LogP contribution in [0.4, 0.5) is 0 Å². The van der Waals surface area contributed by atoms with E-state index < -0.39 is 0 Å². The SMILES string of the molecule is CC(C)N1CCN(C)CC1.CO. The van der Waals surface area contributed by atoms with Crippen LogP contribution in [0.3, 0.4) is 0 Å². The highest BCUT2D eigenvalue weighted by Gasteiger charge is 2.15.